The van der Waals surface area contributed by atoms with Crippen LogP contribution >= 0.6 is 0 Å². The smallest absolute Gasteiger partial charge is 0.319 e. The summed E-state index contributed by atoms with van der Waals surface area (Å²) < 4.78 is 0. The normalized spacial score (nSPS) is 10.0. The Morgan fingerprint density at radius 3 is 2.43 bits per heavy atom. The van der Waals surface area contributed by atoms with Gasteiger partial charge >= 0.3 is 6.03 Å². The van der Waals surface area contributed by atoms with Crippen LogP contribution in [0, 0.1) is 0 Å². The van der Waals surface area contributed by atoms with Crippen molar-refractivity contribution in [3.63, 3.8) is 0 Å². The van der Waals surface area contributed by atoms with E-state index in [4.69, 9.17) is 0 Å². The number of urea groups is 1. The van der Waals surface area contributed by atoms with Crippen LogP contribution in [0.4, 0.5) is 10.5 Å². The molecular formula is C16H25N3O2. The summed E-state index contributed by atoms with van der Waals surface area (Å²) in [6, 6.07) is 9.02. The Morgan fingerprint density at radius 1 is 1.10 bits per heavy atom. The second-order valence-corrected chi connectivity index (χ2v) is 4.96. The van der Waals surface area contributed by atoms with Gasteiger partial charge in [-0.25, -0.2) is 4.79 Å². The van der Waals surface area contributed by atoms with Crippen LogP contribution in [0.25, 0.3) is 0 Å². The molecule has 0 atom stereocenters. The lowest BCUT2D eigenvalue weighted by Gasteiger charge is -2.21. The molecule has 0 aliphatic rings. The van der Waals surface area contributed by atoms with Gasteiger partial charge in [-0.15, -0.1) is 0 Å². The van der Waals surface area contributed by atoms with E-state index in [9.17, 15) is 9.59 Å². The molecule has 0 heterocycles. The second kappa shape index (κ2) is 9.80. The van der Waals surface area contributed by atoms with Gasteiger partial charge in [-0.05, 0) is 18.6 Å². The number of unbranched alkanes of at least 4 members (excludes halogenated alkanes) is 2. The molecule has 21 heavy (non-hydrogen) atoms. The second-order valence-electron chi connectivity index (χ2n) is 4.96. The van der Waals surface area contributed by atoms with Gasteiger partial charge in [0.1, 0.15) is 0 Å². The molecule has 1 aromatic carbocycles. The van der Waals surface area contributed by atoms with Crippen LogP contribution in [0.2, 0.25) is 0 Å². The third kappa shape index (κ3) is 7.34. The Labute approximate surface area is 126 Å². The Kier molecular flexibility index (Phi) is 7.94. The molecule has 2 N–H and O–H groups in total. The van der Waals surface area contributed by atoms with Crippen molar-refractivity contribution in [2.24, 2.45) is 0 Å². The Bertz CT molecular complexity index is 434. The summed E-state index contributed by atoms with van der Waals surface area (Å²) in [6.07, 6.45) is 3.25. The number of nitrogens with one attached hydrogen (secondary N) is 2. The molecule has 0 aliphatic heterocycles. The summed E-state index contributed by atoms with van der Waals surface area (Å²) in [5.74, 6) is 0.0522. The van der Waals surface area contributed by atoms with Gasteiger partial charge in [0.15, 0.2) is 0 Å². The lowest BCUT2D eigenvalue weighted by molar-refractivity contribution is -0.128. The fraction of sp³-hybridized carbons (Fsp3) is 0.500. The van der Waals surface area contributed by atoms with E-state index in [-0.39, 0.29) is 11.9 Å². The first kappa shape index (κ1) is 17.0. The quantitative estimate of drug-likeness (QED) is 0.723. The highest BCUT2D eigenvalue weighted by Crippen LogP contribution is 2.04. The minimum absolute atomic E-state index is 0.0522. The number of para-hydroxylation sites is 1. The molecule has 116 valence electrons. The number of rotatable bonds is 8. The maximum Gasteiger partial charge on any atom is 0.319 e. The fourth-order valence-corrected chi connectivity index (χ4v) is 1.98. The van der Waals surface area contributed by atoms with E-state index in [2.05, 4.69) is 17.6 Å². The highest BCUT2D eigenvalue weighted by molar-refractivity contribution is 5.89. The molecule has 3 amide bonds. The SMILES string of the molecule is CCCCCN(CCNC(=O)Nc1ccccc1)C(C)=O. The number of carbonyl (C=O) groups is 2. The Hall–Kier alpha value is -2.04. The van der Waals surface area contributed by atoms with Gasteiger partial charge in [-0.2, -0.15) is 0 Å². The molecule has 1 rings (SSSR count). The molecule has 0 aromatic heterocycles. The van der Waals surface area contributed by atoms with Crippen molar-refractivity contribution in [2.75, 3.05) is 25.0 Å². The van der Waals surface area contributed by atoms with Gasteiger partial charge in [-0.1, -0.05) is 38.0 Å². The first-order chi connectivity index (χ1) is 10.1. The van der Waals surface area contributed by atoms with Crippen LogP contribution in [0.5, 0.6) is 0 Å². The summed E-state index contributed by atoms with van der Waals surface area (Å²) >= 11 is 0. The monoisotopic (exact) mass is 291 g/mol. The average molecular weight is 291 g/mol. The van der Waals surface area contributed by atoms with E-state index < -0.39 is 0 Å². The van der Waals surface area contributed by atoms with E-state index in [1.165, 1.54) is 0 Å². The third-order valence-electron chi connectivity index (χ3n) is 3.18. The van der Waals surface area contributed by atoms with Crippen molar-refractivity contribution in [2.45, 2.75) is 33.1 Å². The third-order valence-corrected chi connectivity index (χ3v) is 3.18. The minimum atomic E-state index is -0.252. The van der Waals surface area contributed by atoms with E-state index in [1.807, 2.05) is 30.3 Å². The number of hydrogen-bond acceptors (Lipinski definition) is 2. The number of amides is 3. The lowest BCUT2D eigenvalue weighted by Crippen LogP contribution is -2.39. The van der Waals surface area contributed by atoms with Crippen molar-refractivity contribution in [1.82, 2.24) is 10.2 Å². The maximum absolute atomic E-state index is 11.7. The number of benzene rings is 1. The lowest BCUT2D eigenvalue weighted by atomic mass is 10.2. The molecule has 0 fully saturated rings. The summed E-state index contributed by atoms with van der Waals surface area (Å²) in [4.78, 5) is 25.0. The largest absolute Gasteiger partial charge is 0.341 e. The number of anilines is 1. The summed E-state index contributed by atoms with van der Waals surface area (Å²) in [5.41, 5.74) is 0.751. The summed E-state index contributed by atoms with van der Waals surface area (Å²) in [7, 11) is 0. The average Bonchev–Trinajstić information content (AvgIpc) is 2.46. The van der Waals surface area contributed by atoms with Crippen LogP contribution in [0.3, 0.4) is 0 Å². The van der Waals surface area contributed by atoms with Crippen molar-refractivity contribution in [3.8, 4) is 0 Å². The van der Waals surface area contributed by atoms with Crippen molar-refractivity contribution < 1.29 is 9.59 Å². The van der Waals surface area contributed by atoms with Crippen LogP contribution < -0.4 is 10.6 Å². The molecule has 5 heteroatoms. The molecule has 5 nitrogen and oxygen atoms in total. The van der Waals surface area contributed by atoms with Gasteiger partial charge in [0.2, 0.25) is 5.91 Å². The van der Waals surface area contributed by atoms with E-state index in [1.54, 1.807) is 11.8 Å². The molecule has 1 aromatic rings. The number of carbonyl (C=O) groups excluding carboxylic acids is 2. The standard InChI is InChI=1S/C16H25N3O2/c1-3-4-8-12-19(14(2)20)13-11-17-16(21)18-15-9-6-5-7-10-15/h5-7,9-10H,3-4,8,11-13H2,1-2H3,(H2,17,18,21). The minimum Gasteiger partial charge on any atom is -0.341 e. The number of nitrogens with zero attached hydrogens (tertiary/aromatic N) is 1. The van der Waals surface area contributed by atoms with Crippen molar-refractivity contribution in [1.29, 1.82) is 0 Å². The molecular weight excluding hydrogens is 266 g/mol. The molecule has 0 saturated heterocycles. The van der Waals surface area contributed by atoms with Crippen LogP contribution in [-0.4, -0.2) is 36.5 Å². The predicted octanol–water partition coefficient (Wildman–Crippen LogP) is 2.85. The molecule has 0 bridgehead atoms. The zero-order valence-electron chi connectivity index (χ0n) is 12.9. The van der Waals surface area contributed by atoms with Gasteiger partial charge in [-0.3, -0.25) is 4.79 Å². The van der Waals surface area contributed by atoms with Gasteiger partial charge in [0, 0.05) is 32.2 Å². The molecule has 0 radical (unpaired) electrons. The van der Waals surface area contributed by atoms with Crippen LogP contribution in [0.15, 0.2) is 30.3 Å². The van der Waals surface area contributed by atoms with E-state index >= 15 is 0 Å². The van der Waals surface area contributed by atoms with Gasteiger partial charge in [0.05, 0.1) is 0 Å². The molecule has 0 spiro atoms. The van der Waals surface area contributed by atoms with Crippen LogP contribution in [0.1, 0.15) is 33.1 Å². The molecule has 0 aliphatic carbocycles. The Morgan fingerprint density at radius 2 is 1.81 bits per heavy atom. The van der Waals surface area contributed by atoms with Crippen molar-refractivity contribution >= 4 is 17.6 Å². The highest BCUT2D eigenvalue weighted by Gasteiger charge is 2.08. The molecule has 0 saturated carbocycles. The topological polar surface area (TPSA) is 61.4 Å². The maximum atomic E-state index is 11.7. The zero-order valence-corrected chi connectivity index (χ0v) is 12.9. The molecule has 0 unspecified atom stereocenters. The summed E-state index contributed by atoms with van der Waals surface area (Å²) in [5, 5.41) is 5.51. The van der Waals surface area contributed by atoms with Crippen molar-refractivity contribution in [3.05, 3.63) is 30.3 Å². The predicted molar refractivity (Wildman–Crippen MR) is 85.2 cm³/mol. The fourth-order valence-electron chi connectivity index (χ4n) is 1.98. The highest BCUT2D eigenvalue weighted by atomic mass is 16.2. The van der Waals surface area contributed by atoms with Gasteiger partial charge in [0.25, 0.3) is 0 Å². The Balaban J connectivity index is 2.26. The number of hydrogen-bond donors (Lipinski definition) is 2. The van der Waals surface area contributed by atoms with Gasteiger partial charge < -0.3 is 15.5 Å². The first-order valence-corrected chi connectivity index (χ1v) is 7.49. The van der Waals surface area contributed by atoms with E-state index in [0.29, 0.717) is 13.1 Å². The van der Waals surface area contributed by atoms with Crippen LogP contribution in [-0.2, 0) is 4.79 Å². The first-order valence-electron chi connectivity index (χ1n) is 7.49. The summed E-state index contributed by atoms with van der Waals surface area (Å²) in [6.45, 7) is 5.44. The van der Waals surface area contributed by atoms with E-state index in [0.717, 1.165) is 31.5 Å². The zero-order chi connectivity index (χ0) is 15.5.